The van der Waals surface area contributed by atoms with Gasteiger partial charge in [-0.25, -0.2) is 13.5 Å². The van der Waals surface area contributed by atoms with Crippen molar-refractivity contribution in [3.63, 3.8) is 0 Å². The molecule has 2 aromatic rings. The van der Waals surface area contributed by atoms with E-state index in [9.17, 15) is 13.6 Å². The van der Waals surface area contributed by atoms with Crippen LogP contribution in [0.25, 0.3) is 5.69 Å². The van der Waals surface area contributed by atoms with Gasteiger partial charge in [0.1, 0.15) is 0 Å². The lowest BCUT2D eigenvalue weighted by Crippen LogP contribution is -2.42. The number of rotatable bonds is 4. The van der Waals surface area contributed by atoms with Crippen LogP contribution < -0.4 is 5.01 Å². The molecule has 0 spiro atoms. The SMILES string of the molecule is COC1=CCC=NN1c1cc(C(=O)N2CCC(F)(F)CC2)nn1-c1cccnc1. The Balaban J connectivity index is 1.70. The molecule has 0 atom stereocenters. The highest BCUT2D eigenvalue weighted by atomic mass is 19.3. The molecule has 4 rings (SSSR count). The predicted octanol–water partition coefficient (Wildman–Crippen LogP) is 2.82. The van der Waals surface area contributed by atoms with Crippen LogP contribution in [-0.4, -0.2) is 57.9 Å². The van der Waals surface area contributed by atoms with Gasteiger partial charge in [-0.2, -0.15) is 15.2 Å². The van der Waals surface area contributed by atoms with E-state index in [0.717, 1.165) is 0 Å². The molecule has 152 valence electrons. The zero-order valence-electron chi connectivity index (χ0n) is 15.8. The van der Waals surface area contributed by atoms with E-state index in [0.29, 0.717) is 23.8 Å². The van der Waals surface area contributed by atoms with Crippen LogP contribution in [0.5, 0.6) is 0 Å². The third-order valence-electron chi connectivity index (χ3n) is 4.81. The lowest BCUT2D eigenvalue weighted by molar-refractivity contribution is -0.0495. The molecule has 2 aliphatic rings. The van der Waals surface area contributed by atoms with Crippen LogP contribution in [0.4, 0.5) is 14.6 Å². The first-order chi connectivity index (χ1) is 14.0. The number of hydrazone groups is 1. The summed E-state index contributed by atoms with van der Waals surface area (Å²) >= 11 is 0. The Hall–Kier alpha value is -3.30. The maximum Gasteiger partial charge on any atom is 0.274 e. The molecule has 8 nitrogen and oxygen atoms in total. The van der Waals surface area contributed by atoms with Gasteiger partial charge in [0.2, 0.25) is 5.88 Å². The Morgan fingerprint density at radius 1 is 1.28 bits per heavy atom. The molecule has 1 amide bonds. The van der Waals surface area contributed by atoms with Crippen LogP contribution in [0.1, 0.15) is 29.8 Å². The molecule has 2 aliphatic heterocycles. The van der Waals surface area contributed by atoms with Gasteiger partial charge in [-0.15, -0.1) is 0 Å². The first-order valence-corrected chi connectivity index (χ1v) is 9.23. The Labute approximate surface area is 166 Å². The van der Waals surface area contributed by atoms with E-state index in [4.69, 9.17) is 4.74 Å². The van der Waals surface area contributed by atoms with Gasteiger partial charge < -0.3 is 9.64 Å². The van der Waals surface area contributed by atoms with Gasteiger partial charge >= 0.3 is 0 Å². The number of piperidine rings is 1. The highest BCUT2D eigenvalue weighted by Crippen LogP contribution is 2.30. The fraction of sp³-hybridized carbons (Fsp3) is 0.368. The first kappa shape index (κ1) is 19.0. The van der Waals surface area contributed by atoms with Crippen molar-refractivity contribution in [1.82, 2.24) is 19.7 Å². The summed E-state index contributed by atoms with van der Waals surface area (Å²) in [4.78, 5) is 18.4. The minimum Gasteiger partial charge on any atom is -0.481 e. The maximum absolute atomic E-state index is 13.5. The smallest absolute Gasteiger partial charge is 0.274 e. The number of aromatic nitrogens is 3. The van der Waals surface area contributed by atoms with Gasteiger partial charge in [0.15, 0.2) is 11.5 Å². The van der Waals surface area contributed by atoms with Crippen molar-refractivity contribution in [2.75, 3.05) is 25.2 Å². The van der Waals surface area contributed by atoms with E-state index in [-0.39, 0.29) is 31.6 Å². The molecule has 2 aromatic heterocycles. The number of ether oxygens (including phenoxy) is 1. The summed E-state index contributed by atoms with van der Waals surface area (Å²) in [7, 11) is 1.53. The van der Waals surface area contributed by atoms with Crippen molar-refractivity contribution in [3.05, 3.63) is 48.2 Å². The van der Waals surface area contributed by atoms with Crippen molar-refractivity contribution in [2.45, 2.75) is 25.2 Å². The molecule has 0 saturated carbocycles. The van der Waals surface area contributed by atoms with Gasteiger partial charge in [0, 0.05) is 50.8 Å². The van der Waals surface area contributed by atoms with Gasteiger partial charge in [-0.3, -0.25) is 9.78 Å². The number of hydrogen-bond donors (Lipinski definition) is 0. The highest BCUT2D eigenvalue weighted by Gasteiger charge is 2.36. The monoisotopic (exact) mass is 402 g/mol. The summed E-state index contributed by atoms with van der Waals surface area (Å²) in [5.74, 6) is -2.15. The summed E-state index contributed by atoms with van der Waals surface area (Å²) in [5.41, 5.74) is 0.772. The fourth-order valence-electron chi connectivity index (χ4n) is 3.26. The van der Waals surface area contributed by atoms with Crippen molar-refractivity contribution in [1.29, 1.82) is 0 Å². The van der Waals surface area contributed by atoms with E-state index in [1.807, 2.05) is 6.08 Å². The number of carbonyl (C=O) groups excluding carboxylic acids is 1. The quantitative estimate of drug-likeness (QED) is 0.786. The van der Waals surface area contributed by atoms with Gasteiger partial charge in [-0.05, 0) is 18.2 Å². The van der Waals surface area contributed by atoms with Crippen molar-refractivity contribution in [2.24, 2.45) is 5.10 Å². The number of pyridine rings is 1. The average molecular weight is 402 g/mol. The molecule has 0 unspecified atom stereocenters. The van der Waals surface area contributed by atoms with Crippen LogP contribution in [0.15, 0.2) is 47.7 Å². The first-order valence-electron chi connectivity index (χ1n) is 9.23. The third kappa shape index (κ3) is 3.82. The van der Waals surface area contributed by atoms with E-state index in [1.165, 1.54) is 21.7 Å². The summed E-state index contributed by atoms with van der Waals surface area (Å²) < 4.78 is 33.8. The molecular formula is C19H20F2N6O2. The van der Waals surface area contributed by atoms with Crippen LogP contribution in [0.2, 0.25) is 0 Å². The van der Waals surface area contributed by atoms with Crippen molar-refractivity contribution >= 4 is 17.9 Å². The lowest BCUT2D eigenvalue weighted by atomic mass is 10.1. The Kier molecular flexibility index (Phi) is 4.99. The Bertz CT molecular complexity index is 947. The molecule has 29 heavy (non-hydrogen) atoms. The zero-order chi connectivity index (χ0) is 20.4. The van der Waals surface area contributed by atoms with Crippen LogP contribution >= 0.6 is 0 Å². The maximum atomic E-state index is 13.5. The number of anilines is 1. The number of carbonyl (C=O) groups is 1. The third-order valence-corrected chi connectivity index (χ3v) is 4.81. The normalized spacial score (nSPS) is 18.5. The largest absolute Gasteiger partial charge is 0.481 e. The molecule has 0 radical (unpaired) electrons. The lowest BCUT2D eigenvalue weighted by Gasteiger charge is -2.31. The second-order valence-electron chi connectivity index (χ2n) is 6.75. The molecule has 0 N–H and O–H groups in total. The minimum atomic E-state index is -2.72. The van der Waals surface area contributed by atoms with Crippen molar-refractivity contribution in [3.8, 4) is 5.69 Å². The molecule has 0 aliphatic carbocycles. The standard InChI is InChI=1S/C19H20F2N6O2/c1-29-17-5-3-9-23-27(17)16-12-15(24-26(16)14-4-2-8-22-13-14)18(28)25-10-6-19(20,21)7-11-25/h2,4-5,8-9,12-13H,3,6-7,10-11H2,1H3. The van der Waals surface area contributed by atoms with E-state index in [2.05, 4.69) is 15.2 Å². The minimum absolute atomic E-state index is 0.00793. The number of nitrogens with zero attached hydrogens (tertiary/aromatic N) is 6. The Morgan fingerprint density at radius 3 is 2.76 bits per heavy atom. The number of methoxy groups -OCH3 is 1. The van der Waals surface area contributed by atoms with Gasteiger partial charge in [0.25, 0.3) is 11.8 Å². The Morgan fingerprint density at radius 2 is 2.07 bits per heavy atom. The van der Waals surface area contributed by atoms with Crippen molar-refractivity contribution < 1.29 is 18.3 Å². The molecule has 4 heterocycles. The number of hydrogen-bond acceptors (Lipinski definition) is 6. The number of likely N-dealkylation sites (tertiary alicyclic amines) is 1. The summed E-state index contributed by atoms with van der Waals surface area (Å²) in [6, 6.07) is 5.13. The number of alkyl halides is 2. The highest BCUT2D eigenvalue weighted by molar-refractivity contribution is 5.93. The van der Waals surface area contributed by atoms with E-state index in [1.54, 1.807) is 36.8 Å². The van der Waals surface area contributed by atoms with E-state index >= 15 is 0 Å². The molecule has 1 saturated heterocycles. The van der Waals surface area contributed by atoms with Gasteiger partial charge in [-0.1, -0.05) is 0 Å². The molecule has 10 heteroatoms. The predicted molar refractivity (Wildman–Crippen MR) is 102 cm³/mol. The van der Waals surface area contributed by atoms with Crippen LogP contribution in [0, 0.1) is 0 Å². The van der Waals surface area contributed by atoms with E-state index < -0.39 is 11.8 Å². The number of amides is 1. The molecule has 0 aromatic carbocycles. The molecule has 0 bridgehead atoms. The summed E-state index contributed by atoms with van der Waals surface area (Å²) in [5, 5.41) is 10.3. The topological polar surface area (TPSA) is 75.8 Å². The van der Waals surface area contributed by atoms with Crippen LogP contribution in [0.3, 0.4) is 0 Å². The second-order valence-corrected chi connectivity index (χ2v) is 6.75. The van der Waals surface area contributed by atoms with Crippen LogP contribution in [-0.2, 0) is 4.74 Å². The zero-order valence-corrected chi connectivity index (χ0v) is 15.8. The second kappa shape index (κ2) is 7.61. The summed E-state index contributed by atoms with van der Waals surface area (Å²) in [6.45, 7) is -0.0159. The van der Waals surface area contributed by atoms with Gasteiger partial charge in [0.05, 0.1) is 19.0 Å². The molecular weight excluding hydrogens is 382 g/mol. The number of halogens is 2. The average Bonchev–Trinajstić information content (AvgIpc) is 3.19. The fourth-order valence-corrected chi connectivity index (χ4v) is 3.26. The summed E-state index contributed by atoms with van der Waals surface area (Å²) in [6.07, 6.45) is 6.72. The molecule has 1 fully saturated rings. The number of allylic oxidation sites excluding steroid dienone is 1.